The Kier molecular flexibility index (Phi) is 10.0. The van der Waals surface area contributed by atoms with E-state index in [1.165, 1.54) is 24.3 Å². The monoisotopic (exact) mass is 934 g/mol. The summed E-state index contributed by atoms with van der Waals surface area (Å²) in [6, 6.07) is 56.0. The fourth-order valence-corrected chi connectivity index (χ4v) is 11.5. The molecule has 0 radical (unpaired) electrons. The maximum absolute atomic E-state index is 12.2. The van der Waals surface area contributed by atoms with E-state index < -0.39 is 45.7 Å². The van der Waals surface area contributed by atoms with Crippen LogP contribution in [0.5, 0.6) is 0 Å². The molecule has 11 N–H and O–H groups in total. The molecule has 0 fully saturated rings. The third-order valence-electron chi connectivity index (χ3n) is 14.1. The molecule has 13 heteroatoms. The van der Waals surface area contributed by atoms with Gasteiger partial charge in [-0.15, -0.1) is 0 Å². The lowest BCUT2D eigenvalue weighted by molar-refractivity contribution is -0.442. The van der Waals surface area contributed by atoms with Gasteiger partial charge in [0.1, 0.15) is 0 Å². The molecule has 0 aliphatic heterocycles. The summed E-state index contributed by atoms with van der Waals surface area (Å²) >= 11 is 0. The second-order valence-electron chi connectivity index (χ2n) is 18.1. The zero-order valence-corrected chi connectivity index (χ0v) is 37.3. The number of para-hydroxylation sites is 4. The van der Waals surface area contributed by atoms with Crippen LogP contribution in [-0.2, 0) is 10.8 Å². The summed E-state index contributed by atoms with van der Waals surface area (Å²) in [5.74, 6) is -15.6. The minimum Gasteiger partial charge on any atom is -0.365 e. The van der Waals surface area contributed by atoms with Crippen molar-refractivity contribution in [3.05, 3.63) is 216 Å². The van der Waals surface area contributed by atoms with Crippen molar-refractivity contribution in [3.8, 4) is 22.3 Å². The minimum absolute atomic E-state index is 0.00742. The zero-order valence-electron chi connectivity index (χ0n) is 37.3. The number of anilines is 6. The van der Waals surface area contributed by atoms with Crippen LogP contribution >= 0.6 is 0 Å². The van der Waals surface area contributed by atoms with Gasteiger partial charge in [-0.05, 0) is 135 Å². The first kappa shape index (κ1) is 45.1. The van der Waals surface area contributed by atoms with Gasteiger partial charge >= 0.3 is 0 Å². The standard InChI is InChI=1S/C57H46N2O11/c1-52(60,61)53(55(62,63)64)44-30-43-45(31-42(44)50-40-28-16-14-26-38(40)48(32-46(50)53)58(34-18-6-2-7-19-34)35-20-8-3-9-21-35)54(56(65,66)67,57(68,69)70)47-33-49(39-27-15-17-29-41(39)51(43)47)59(36-22-10-4-11-23-36)37-24-12-5-13-25-37/h2-33,60-70H,1H3. The van der Waals surface area contributed by atoms with Crippen molar-refractivity contribution in [3.63, 3.8) is 0 Å². The predicted octanol–water partition coefficient (Wildman–Crippen LogP) is 7.06. The third-order valence-corrected chi connectivity index (χ3v) is 14.1. The van der Waals surface area contributed by atoms with Gasteiger partial charge in [0.15, 0.2) is 16.6 Å². The Morgan fingerprint density at radius 2 is 0.586 bits per heavy atom. The molecule has 0 heterocycles. The summed E-state index contributed by atoms with van der Waals surface area (Å²) in [6.45, 7) is 0.888. The molecule has 0 spiro atoms. The van der Waals surface area contributed by atoms with Gasteiger partial charge in [-0.25, -0.2) is 0 Å². The van der Waals surface area contributed by atoms with Crippen LogP contribution in [-0.4, -0.2) is 79.9 Å². The summed E-state index contributed by atoms with van der Waals surface area (Å²) in [4.78, 5) is 3.71. The molecular formula is C57H46N2O11. The number of aliphatic hydroxyl groups is 11. The van der Waals surface area contributed by atoms with Gasteiger partial charge in [0.05, 0.1) is 11.4 Å². The first-order valence-electron chi connectivity index (χ1n) is 22.4. The maximum atomic E-state index is 12.2. The number of nitrogens with zero attached hydrogens (tertiary/aromatic N) is 2. The fraction of sp³-hybridized carbons (Fsp3) is 0.123. The van der Waals surface area contributed by atoms with Crippen molar-refractivity contribution < 1.29 is 56.2 Å². The van der Waals surface area contributed by atoms with Gasteiger partial charge in [0.2, 0.25) is 0 Å². The molecule has 2 aliphatic carbocycles. The Balaban J connectivity index is 1.30. The third kappa shape index (κ3) is 6.20. The highest BCUT2D eigenvalue weighted by molar-refractivity contribution is 6.13. The van der Waals surface area contributed by atoms with Gasteiger partial charge in [-0.2, -0.15) is 0 Å². The van der Waals surface area contributed by atoms with E-state index in [4.69, 9.17) is 0 Å². The lowest BCUT2D eigenvalue weighted by Crippen LogP contribution is -2.65. The van der Waals surface area contributed by atoms with Crippen molar-refractivity contribution in [2.75, 3.05) is 9.80 Å². The fourth-order valence-electron chi connectivity index (χ4n) is 11.5. The van der Waals surface area contributed by atoms with E-state index in [0.29, 0.717) is 55.7 Å². The number of hydrogen-bond acceptors (Lipinski definition) is 13. The Labute approximate surface area is 400 Å². The van der Waals surface area contributed by atoms with Crippen molar-refractivity contribution in [1.29, 1.82) is 0 Å². The molecule has 1 unspecified atom stereocenters. The van der Waals surface area contributed by atoms with E-state index >= 15 is 0 Å². The SMILES string of the molecule is CC(O)(O)C1(C(O)(O)O)c2cc3c(cc2-c2c1cc(N(c1ccccc1)c1ccccc1)c1ccccc21)C(C(O)(O)O)(C(O)(O)O)c1cc(N(c2ccccc2)c2ccccc2)c2ccccc2c1-3. The van der Waals surface area contributed by atoms with E-state index in [0.717, 1.165) is 6.92 Å². The lowest BCUT2D eigenvalue weighted by atomic mass is 9.68. The van der Waals surface area contributed by atoms with E-state index in [2.05, 4.69) is 0 Å². The average Bonchev–Trinajstić information content (AvgIpc) is 3.81. The minimum atomic E-state index is -4.20. The van der Waals surface area contributed by atoms with Crippen LogP contribution in [0.4, 0.5) is 34.1 Å². The normalized spacial score (nSPS) is 16.2. The summed E-state index contributed by atoms with van der Waals surface area (Å²) in [7, 11) is 0. The molecule has 70 heavy (non-hydrogen) atoms. The smallest absolute Gasteiger partial charge is 0.298 e. The highest BCUT2D eigenvalue weighted by Gasteiger charge is 2.71. The van der Waals surface area contributed by atoms with Crippen LogP contribution in [0.15, 0.2) is 194 Å². The van der Waals surface area contributed by atoms with E-state index in [1.807, 2.05) is 131 Å². The second kappa shape index (κ2) is 15.6. The van der Waals surface area contributed by atoms with E-state index in [-0.39, 0.29) is 33.4 Å². The van der Waals surface area contributed by atoms with Crippen LogP contribution in [0.3, 0.4) is 0 Å². The highest BCUT2D eigenvalue weighted by atomic mass is 16.7. The Morgan fingerprint density at radius 1 is 0.314 bits per heavy atom. The van der Waals surface area contributed by atoms with Crippen LogP contribution in [0.1, 0.15) is 29.2 Å². The first-order valence-corrected chi connectivity index (χ1v) is 22.4. The van der Waals surface area contributed by atoms with E-state index in [1.54, 1.807) is 48.5 Å². The van der Waals surface area contributed by atoms with Crippen LogP contribution < -0.4 is 9.80 Å². The van der Waals surface area contributed by atoms with Gasteiger partial charge in [-0.1, -0.05) is 121 Å². The molecule has 9 aromatic carbocycles. The van der Waals surface area contributed by atoms with Gasteiger partial charge in [0, 0.05) is 33.5 Å². The molecule has 9 aromatic rings. The zero-order chi connectivity index (χ0) is 49.2. The summed E-state index contributed by atoms with van der Waals surface area (Å²) in [5, 5.41) is 133. The molecule has 350 valence electrons. The van der Waals surface area contributed by atoms with Crippen LogP contribution in [0, 0.1) is 0 Å². The Bertz CT molecular complexity index is 3150. The molecule has 0 saturated carbocycles. The number of fused-ring (bicyclic) bond motifs is 10. The number of hydrogen-bond donors (Lipinski definition) is 11. The molecule has 0 bridgehead atoms. The van der Waals surface area contributed by atoms with Crippen LogP contribution in [0.25, 0.3) is 43.8 Å². The first-order chi connectivity index (χ1) is 33.3. The largest absolute Gasteiger partial charge is 0.365 e. The van der Waals surface area contributed by atoms with Gasteiger partial charge < -0.3 is 66.0 Å². The lowest BCUT2D eigenvalue weighted by Gasteiger charge is -2.46. The number of rotatable bonds is 10. The van der Waals surface area contributed by atoms with Gasteiger partial charge in [-0.3, -0.25) is 0 Å². The molecule has 0 saturated heterocycles. The summed E-state index contributed by atoms with van der Waals surface area (Å²) in [5.41, 5.74) is -4.58. The van der Waals surface area contributed by atoms with E-state index in [9.17, 15) is 56.2 Å². The molecule has 0 aromatic heterocycles. The maximum Gasteiger partial charge on any atom is 0.298 e. The molecule has 1 atom stereocenters. The topological polar surface area (TPSA) is 229 Å². The van der Waals surface area contributed by atoms with Crippen LogP contribution in [0.2, 0.25) is 0 Å². The van der Waals surface area contributed by atoms with Crippen molar-refractivity contribution in [2.24, 2.45) is 0 Å². The molecule has 0 amide bonds. The Hall–Kier alpha value is -7.34. The Morgan fingerprint density at radius 3 is 0.886 bits per heavy atom. The predicted molar refractivity (Wildman–Crippen MR) is 264 cm³/mol. The quantitative estimate of drug-likeness (QED) is 0.0619. The molecule has 11 rings (SSSR count). The number of benzene rings is 9. The summed E-state index contributed by atoms with van der Waals surface area (Å²) < 4.78 is 0. The van der Waals surface area contributed by atoms with Crippen molar-refractivity contribution in [1.82, 2.24) is 0 Å². The summed E-state index contributed by atoms with van der Waals surface area (Å²) in [6.07, 6.45) is 0. The van der Waals surface area contributed by atoms with Crippen molar-refractivity contribution in [2.45, 2.75) is 41.5 Å². The molecule has 2 aliphatic rings. The average molecular weight is 935 g/mol. The highest BCUT2D eigenvalue weighted by Crippen LogP contribution is 2.66. The molecule has 13 nitrogen and oxygen atoms in total. The van der Waals surface area contributed by atoms with Gasteiger partial charge in [0.25, 0.3) is 17.9 Å². The molecular weight excluding hydrogens is 889 g/mol. The second-order valence-corrected chi connectivity index (χ2v) is 18.1. The van der Waals surface area contributed by atoms with Crippen molar-refractivity contribution >= 4 is 55.7 Å².